The van der Waals surface area contributed by atoms with E-state index in [1.807, 2.05) is 0 Å². The van der Waals surface area contributed by atoms with Crippen molar-refractivity contribution in [2.75, 3.05) is 13.7 Å². The van der Waals surface area contributed by atoms with Crippen LogP contribution in [0.3, 0.4) is 0 Å². The molecule has 2 aliphatic heterocycles. The average molecular weight is 276 g/mol. The first kappa shape index (κ1) is 14.7. The Bertz CT molecular complexity index is 343. The number of hydrogen-bond acceptors (Lipinski definition) is 7. The molecule has 7 nitrogen and oxygen atoms in total. The number of hydrogen-bond donors (Lipinski definition) is 1. The molecule has 0 aromatic rings. The molecule has 0 radical (unpaired) electrons. The van der Waals surface area contributed by atoms with E-state index in [0.29, 0.717) is 0 Å². The zero-order valence-corrected chi connectivity index (χ0v) is 11.5. The number of carbonyl (C=O) groups is 1. The van der Waals surface area contributed by atoms with E-state index in [-0.39, 0.29) is 6.61 Å². The van der Waals surface area contributed by atoms with Gasteiger partial charge in [-0.15, -0.1) is 0 Å². The molecule has 0 aromatic carbocycles. The fourth-order valence-electron chi connectivity index (χ4n) is 2.38. The van der Waals surface area contributed by atoms with Crippen molar-refractivity contribution in [2.45, 2.75) is 57.3 Å². The first-order valence-corrected chi connectivity index (χ1v) is 6.28. The quantitative estimate of drug-likeness (QED) is 0.715. The summed E-state index contributed by atoms with van der Waals surface area (Å²) in [4.78, 5) is 11.8. The molecular formula is C12H20O7. The van der Waals surface area contributed by atoms with Gasteiger partial charge in [0.2, 0.25) is 0 Å². The van der Waals surface area contributed by atoms with Crippen molar-refractivity contribution in [2.24, 2.45) is 0 Å². The number of methoxy groups -OCH3 is 1. The van der Waals surface area contributed by atoms with Crippen molar-refractivity contribution in [3.05, 3.63) is 0 Å². The van der Waals surface area contributed by atoms with Gasteiger partial charge in [-0.25, -0.2) is 4.79 Å². The molecule has 0 aromatic heterocycles. The van der Waals surface area contributed by atoms with Gasteiger partial charge in [0.1, 0.15) is 18.3 Å². The Balaban J connectivity index is 2.17. The summed E-state index contributed by atoms with van der Waals surface area (Å²) in [6, 6.07) is 0. The average Bonchev–Trinajstić information content (AvgIpc) is 2.66. The Morgan fingerprint density at radius 2 is 1.95 bits per heavy atom. The summed E-state index contributed by atoms with van der Waals surface area (Å²) < 4.78 is 26.7. The van der Waals surface area contributed by atoms with Crippen LogP contribution in [0.1, 0.15) is 20.8 Å². The van der Waals surface area contributed by atoms with Crippen molar-refractivity contribution in [3.63, 3.8) is 0 Å². The fraction of sp³-hybridized carbons (Fsp3) is 0.917. The van der Waals surface area contributed by atoms with Crippen LogP contribution < -0.4 is 0 Å². The van der Waals surface area contributed by atoms with Crippen molar-refractivity contribution in [1.29, 1.82) is 0 Å². The molecule has 110 valence electrons. The Labute approximate surface area is 111 Å². The maximum absolute atomic E-state index is 11.8. The van der Waals surface area contributed by atoms with Crippen LogP contribution in [0.15, 0.2) is 0 Å². The molecule has 2 heterocycles. The van der Waals surface area contributed by atoms with Crippen LogP contribution in [0.5, 0.6) is 0 Å². The number of esters is 1. The third kappa shape index (κ3) is 2.75. The van der Waals surface area contributed by atoms with E-state index in [4.69, 9.17) is 23.7 Å². The maximum Gasteiger partial charge on any atom is 0.338 e. The van der Waals surface area contributed by atoms with Gasteiger partial charge in [-0.2, -0.15) is 0 Å². The molecule has 5 atom stereocenters. The van der Waals surface area contributed by atoms with Crippen molar-refractivity contribution >= 4 is 5.97 Å². The zero-order chi connectivity index (χ0) is 14.2. The van der Waals surface area contributed by atoms with Gasteiger partial charge in [0.15, 0.2) is 18.2 Å². The second kappa shape index (κ2) is 5.34. The lowest BCUT2D eigenvalue weighted by atomic mass is 9.99. The lowest BCUT2D eigenvalue weighted by Crippen LogP contribution is -2.59. The molecule has 0 spiro atoms. The van der Waals surface area contributed by atoms with Gasteiger partial charge < -0.3 is 28.8 Å². The first-order valence-electron chi connectivity index (χ1n) is 6.28. The second-order valence-corrected chi connectivity index (χ2v) is 4.97. The van der Waals surface area contributed by atoms with Gasteiger partial charge in [0.25, 0.3) is 0 Å². The van der Waals surface area contributed by atoms with Crippen LogP contribution in [0.25, 0.3) is 0 Å². The van der Waals surface area contributed by atoms with Crippen LogP contribution in [0, 0.1) is 0 Å². The molecule has 2 aliphatic rings. The fourth-order valence-corrected chi connectivity index (χ4v) is 2.38. The van der Waals surface area contributed by atoms with Gasteiger partial charge in [0.05, 0.1) is 6.61 Å². The highest BCUT2D eigenvalue weighted by Crippen LogP contribution is 2.37. The Kier molecular flexibility index (Phi) is 4.12. The van der Waals surface area contributed by atoms with Crippen molar-refractivity contribution in [3.8, 4) is 0 Å². The highest BCUT2D eigenvalue weighted by atomic mass is 16.8. The molecule has 2 fully saturated rings. The number of aliphatic hydroxyl groups is 1. The van der Waals surface area contributed by atoms with Crippen LogP contribution in [-0.2, 0) is 28.5 Å². The summed E-state index contributed by atoms with van der Waals surface area (Å²) in [5.74, 6) is -1.50. The summed E-state index contributed by atoms with van der Waals surface area (Å²) in [7, 11) is 1.44. The summed E-state index contributed by atoms with van der Waals surface area (Å²) in [6.45, 7) is 5.34. The minimum atomic E-state index is -1.16. The topological polar surface area (TPSA) is 83.5 Å². The molecule has 2 saturated heterocycles. The van der Waals surface area contributed by atoms with Gasteiger partial charge >= 0.3 is 5.97 Å². The van der Waals surface area contributed by atoms with E-state index in [2.05, 4.69) is 0 Å². The van der Waals surface area contributed by atoms with E-state index in [9.17, 15) is 9.90 Å². The van der Waals surface area contributed by atoms with E-state index >= 15 is 0 Å². The predicted molar refractivity (Wildman–Crippen MR) is 62.1 cm³/mol. The third-order valence-electron chi connectivity index (χ3n) is 3.11. The third-order valence-corrected chi connectivity index (χ3v) is 3.11. The summed E-state index contributed by atoms with van der Waals surface area (Å²) in [5, 5.41) is 10.2. The number of rotatable bonds is 3. The highest BCUT2D eigenvalue weighted by Gasteiger charge is 2.57. The molecule has 19 heavy (non-hydrogen) atoms. The van der Waals surface area contributed by atoms with E-state index in [0.717, 1.165) is 0 Å². The van der Waals surface area contributed by atoms with Crippen molar-refractivity contribution < 1.29 is 33.6 Å². The van der Waals surface area contributed by atoms with E-state index < -0.39 is 42.5 Å². The van der Waals surface area contributed by atoms with Crippen LogP contribution in [-0.4, -0.2) is 61.3 Å². The molecule has 0 amide bonds. The summed E-state index contributed by atoms with van der Waals surface area (Å²) in [6.07, 6.45) is -4.35. The van der Waals surface area contributed by atoms with Crippen LogP contribution in [0.4, 0.5) is 0 Å². The Morgan fingerprint density at radius 3 is 2.53 bits per heavy atom. The molecule has 0 aliphatic carbocycles. The predicted octanol–water partition coefficient (Wildman–Crippen LogP) is -0.198. The van der Waals surface area contributed by atoms with Gasteiger partial charge in [-0.3, -0.25) is 0 Å². The second-order valence-electron chi connectivity index (χ2n) is 4.97. The molecule has 0 saturated carbocycles. The van der Waals surface area contributed by atoms with Crippen molar-refractivity contribution in [1.82, 2.24) is 0 Å². The summed E-state index contributed by atoms with van der Waals surface area (Å²) >= 11 is 0. The lowest BCUT2D eigenvalue weighted by Gasteiger charge is -2.37. The summed E-state index contributed by atoms with van der Waals surface area (Å²) in [5.41, 5.74) is 0. The normalized spacial score (nSPS) is 40.8. The van der Waals surface area contributed by atoms with Gasteiger partial charge in [-0.1, -0.05) is 0 Å². The first-order chi connectivity index (χ1) is 8.89. The smallest absolute Gasteiger partial charge is 0.338 e. The molecule has 2 rings (SSSR count). The maximum atomic E-state index is 11.8. The number of ether oxygens (including phenoxy) is 5. The Morgan fingerprint density at radius 1 is 1.32 bits per heavy atom. The molecule has 0 unspecified atom stereocenters. The monoisotopic (exact) mass is 276 g/mol. The van der Waals surface area contributed by atoms with Gasteiger partial charge in [-0.05, 0) is 20.8 Å². The molecule has 0 bridgehead atoms. The number of fused-ring (bicyclic) bond motifs is 1. The Hall–Kier alpha value is -0.730. The highest BCUT2D eigenvalue weighted by molar-refractivity contribution is 5.75. The number of aliphatic hydroxyl groups excluding tert-OH is 1. The van der Waals surface area contributed by atoms with E-state index in [1.165, 1.54) is 7.11 Å². The van der Waals surface area contributed by atoms with Crippen LogP contribution in [0.2, 0.25) is 0 Å². The minimum absolute atomic E-state index is 0.208. The van der Waals surface area contributed by atoms with E-state index in [1.54, 1.807) is 20.8 Å². The molecule has 7 heteroatoms. The number of carbonyl (C=O) groups excluding carboxylic acids is 1. The molecular weight excluding hydrogens is 256 g/mol. The lowest BCUT2D eigenvalue weighted by molar-refractivity contribution is -0.267. The SMILES string of the molecule is CCOC(=O)[C@@H]1O[C@H](OC)[C@@H]2OC(C)(C)O[C@@H]2[C@H]1O. The van der Waals surface area contributed by atoms with Gasteiger partial charge in [0, 0.05) is 7.11 Å². The zero-order valence-electron chi connectivity index (χ0n) is 11.5. The molecule has 1 N–H and O–H groups in total. The minimum Gasteiger partial charge on any atom is -0.464 e. The standard InChI is InChI=1S/C12H20O7/c1-5-16-10(14)8-6(13)7-9(11(15-4)17-8)19-12(2,3)18-7/h6-9,11,13H,5H2,1-4H3/t6-,7-,8-,9-,11+/m1/s1. The largest absolute Gasteiger partial charge is 0.464 e. The van der Waals surface area contributed by atoms with Crippen LogP contribution >= 0.6 is 0 Å².